The van der Waals surface area contributed by atoms with Gasteiger partial charge in [0.2, 0.25) is 0 Å². The van der Waals surface area contributed by atoms with Gasteiger partial charge in [-0.05, 0) is 25.0 Å². The minimum absolute atomic E-state index is 0.412. The van der Waals surface area contributed by atoms with E-state index in [-0.39, 0.29) is 0 Å². The average molecular weight is 265 g/mol. The minimum Gasteiger partial charge on any atom is -0.493 e. The van der Waals surface area contributed by atoms with Crippen LogP contribution in [-0.4, -0.2) is 51.5 Å². The van der Waals surface area contributed by atoms with E-state index >= 15 is 0 Å². The fraction of sp³-hybridized carbons (Fsp3) is 0.600. The fourth-order valence-corrected chi connectivity index (χ4v) is 2.40. The van der Waals surface area contributed by atoms with Crippen LogP contribution in [0.25, 0.3) is 0 Å². The zero-order valence-electron chi connectivity index (χ0n) is 11.8. The summed E-state index contributed by atoms with van der Waals surface area (Å²) in [4.78, 5) is 2.43. The predicted molar refractivity (Wildman–Crippen MR) is 75.0 cm³/mol. The summed E-state index contributed by atoms with van der Waals surface area (Å²) in [6, 6.07) is 7.76. The van der Waals surface area contributed by atoms with Crippen molar-refractivity contribution < 1.29 is 14.2 Å². The topological polar surface area (TPSA) is 30.9 Å². The summed E-state index contributed by atoms with van der Waals surface area (Å²) in [6.45, 7) is 3.96. The molecular weight excluding hydrogens is 242 g/mol. The summed E-state index contributed by atoms with van der Waals surface area (Å²) in [5.74, 6) is 1.62. The van der Waals surface area contributed by atoms with Crippen molar-refractivity contribution in [1.82, 2.24) is 4.90 Å². The number of methoxy groups -OCH3 is 2. The molecule has 0 N–H and O–H groups in total. The summed E-state index contributed by atoms with van der Waals surface area (Å²) in [6.07, 6.45) is 2.58. The van der Waals surface area contributed by atoms with Crippen LogP contribution in [0.5, 0.6) is 11.5 Å². The molecule has 1 aliphatic rings. The normalized spacial score (nSPS) is 19.6. The van der Waals surface area contributed by atoms with Crippen LogP contribution in [0.1, 0.15) is 12.8 Å². The fourth-order valence-electron chi connectivity index (χ4n) is 2.40. The van der Waals surface area contributed by atoms with Gasteiger partial charge in [-0.15, -0.1) is 0 Å². The Bertz CT molecular complexity index is 383. The Morgan fingerprint density at radius 1 is 1.21 bits per heavy atom. The lowest BCUT2D eigenvalue weighted by Gasteiger charge is -2.16. The molecule has 19 heavy (non-hydrogen) atoms. The van der Waals surface area contributed by atoms with Crippen LogP contribution in [0.15, 0.2) is 24.3 Å². The third kappa shape index (κ3) is 4.11. The monoisotopic (exact) mass is 265 g/mol. The quantitative estimate of drug-likeness (QED) is 0.707. The molecule has 1 aromatic rings. The Kier molecular flexibility index (Phi) is 5.48. The van der Waals surface area contributed by atoms with Gasteiger partial charge in [-0.3, -0.25) is 0 Å². The molecule has 2 rings (SSSR count). The SMILES string of the molecule is COc1ccccc1OCCCN1CC[C@H](OC)C1. The number of rotatable bonds is 7. The van der Waals surface area contributed by atoms with E-state index in [1.54, 1.807) is 14.2 Å². The molecule has 1 aromatic carbocycles. The molecule has 1 atom stereocenters. The highest BCUT2D eigenvalue weighted by Crippen LogP contribution is 2.25. The van der Waals surface area contributed by atoms with Crippen molar-refractivity contribution in [2.75, 3.05) is 40.5 Å². The van der Waals surface area contributed by atoms with Crippen molar-refractivity contribution in [2.45, 2.75) is 18.9 Å². The highest BCUT2D eigenvalue weighted by Gasteiger charge is 2.21. The van der Waals surface area contributed by atoms with E-state index in [1.807, 2.05) is 24.3 Å². The van der Waals surface area contributed by atoms with Crippen LogP contribution in [0, 0.1) is 0 Å². The number of para-hydroxylation sites is 2. The van der Waals surface area contributed by atoms with E-state index in [1.165, 1.54) is 0 Å². The van der Waals surface area contributed by atoms with Gasteiger partial charge >= 0.3 is 0 Å². The van der Waals surface area contributed by atoms with Crippen molar-refractivity contribution in [3.05, 3.63) is 24.3 Å². The third-order valence-corrected chi connectivity index (χ3v) is 3.51. The van der Waals surface area contributed by atoms with Gasteiger partial charge in [0.1, 0.15) is 0 Å². The Morgan fingerprint density at radius 3 is 2.68 bits per heavy atom. The lowest BCUT2D eigenvalue weighted by atomic mass is 10.3. The summed E-state index contributed by atoms with van der Waals surface area (Å²) >= 11 is 0. The maximum absolute atomic E-state index is 5.76. The maximum Gasteiger partial charge on any atom is 0.161 e. The average Bonchev–Trinajstić information content (AvgIpc) is 2.92. The van der Waals surface area contributed by atoms with Crippen molar-refractivity contribution in [3.63, 3.8) is 0 Å². The van der Waals surface area contributed by atoms with Gasteiger partial charge in [0.25, 0.3) is 0 Å². The molecule has 1 heterocycles. The molecule has 0 unspecified atom stereocenters. The van der Waals surface area contributed by atoms with Gasteiger partial charge in [0.05, 0.1) is 19.8 Å². The van der Waals surface area contributed by atoms with Crippen molar-refractivity contribution in [1.29, 1.82) is 0 Å². The number of ether oxygens (including phenoxy) is 3. The molecule has 0 saturated carbocycles. The number of nitrogens with zero attached hydrogens (tertiary/aromatic N) is 1. The maximum atomic E-state index is 5.76. The van der Waals surface area contributed by atoms with E-state index in [2.05, 4.69) is 4.90 Å². The summed E-state index contributed by atoms with van der Waals surface area (Å²) in [7, 11) is 3.45. The lowest BCUT2D eigenvalue weighted by molar-refractivity contribution is 0.107. The zero-order valence-corrected chi connectivity index (χ0v) is 11.8. The lowest BCUT2D eigenvalue weighted by Crippen LogP contribution is -2.25. The van der Waals surface area contributed by atoms with Gasteiger partial charge in [0, 0.05) is 26.7 Å². The largest absolute Gasteiger partial charge is 0.493 e. The molecule has 4 heteroatoms. The molecule has 0 amide bonds. The van der Waals surface area contributed by atoms with Crippen LogP contribution in [0.2, 0.25) is 0 Å². The number of hydrogen-bond donors (Lipinski definition) is 0. The van der Waals surface area contributed by atoms with Crippen molar-refractivity contribution >= 4 is 0 Å². The second-order valence-electron chi connectivity index (χ2n) is 4.80. The molecule has 0 aliphatic carbocycles. The number of hydrogen-bond acceptors (Lipinski definition) is 4. The van der Waals surface area contributed by atoms with E-state index in [4.69, 9.17) is 14.2 Å². The molecule has 0 bridgehead atoms. The first-order chi connectivity index (χ1) is 9.33. The minimum atomic E-state index is 0.412. The summed E-state index contributed by atoms with van der Waals surface area (Å²) < 4.78 is 16.4. The molecule has 1 fully saturated rings. The van der Waals surface area contributed by atoms with E-state index < -0.39 is 0 Å². The van der Waals surface area contributed by atoms with Crippen molar-refractivity contribution in [3.8, 4) is 11.5 Å². The number of benzene rings is 1. The molecule has 1 saturated heterocycles. The number of likely N-dealkylation sites (tertiary alicyclic amines) is 1. The Hall–Kier alpha value is -1.26. The highest BCUT2D eigenvalue weighted by molar-refractivity contribution is 5.39. The van der Waals surface area contributed by atoms with Crippen molar-refractivity contribution in [2.24, 2.45) is 0 Å². The first-order valence-corrected chi connectivity index (χ1v) is 6.84. The van der Waals surface area contributed by atoms with Crippen LogP contribution in [-0.2, 0) is 4.74 Å². The molecule has 4 nitrogen and oxygen atoms in total. The van der Waals surface area contributed by atoms with Crippen LogP contribution >= 0.6 is 0 Å². The smallest absolute Gasteiger partial charge is 0.161 e. The third-order valence-electron chi connectivity index (χ3n) is 3.51. The zero-order chi connectivity index (χ0) is 13.5. The first kappa shape index (κ1) is 14.2. The molecule has 1 aliphatic heterocycles. The Balaban J connectivity index is 1.67. The van der Waals surface area contributed by atoms with Gasteiger partial charge in [-0.2, -0.15) is 0 Å². The second kappa shape index (κ2) is 7.36. The second-order valence-corrected chi connectivity index (χ2v) is 4.80. The van der Waals surface area contributed by atoms with E-state index in [9.17, 15) is 0 Å². The van der Waals surface area contributed by atoms with Gasteiger partial charge in [-0.25, -0.2) is 0 Å². The van der Waals surface area contributed by atoms with E-state index in [0.29, 0.717) is 12.7 Å². The summed E-state index contributed by atoms with van der Waals surface area (Å²) in [5, 5.41) is 0. The first-order valence-electron chi connectivity index (χ1n) is 6.84. The highest BCUT2D eigenvalue weighted by atomic mass is 16.5. The summed E-state index contributed by atoms with van der Waals surface area (Å²) in [5.41, 5.74) is 0. The molecule has 0 radical (unpaired) electrons. The Morgan fingerprint density at radius 2 is 2.00 bits per heavy atom. The van der Waals surface area contributed by atoms with Gasteiger partial charge in [-0.1, -0.05) is 12.1 Å². The Labute approximate surface area is 115 Å². The standard InChI is InChI=1S/C15H23NO3/c1-17-13-8-10-16(12-13)9-5-11-19-15-7-4-3-6-14(15)18-2/h3-4,6-7,13H,5,8-12H2,1-2H3/t13-/m0/s1. The van der Waals surface area contributed by atoms with Gasteiger partial charge in [0.15, 0.2) is 11.5 Å². The molecule has 0 spiro atoms. The molecular formula is C15H23NO3. The molecule has 106 valence electrons. The van der Waals surface area contributed by atoms with Crippen LogP contribution in [0.4, 0.5) is 0 Å². The van der Waals surface area contributed by atoms with Crippen LogP contribution in [0.3, 0.4) is 0 Å². The van der Waals surface area contributed by atoms with E-state index in [0.717, 1.165) is 44.0 Å². The van der Waals surface area contributed by atoms with Gasteiger partial charge < -0.3 is 19.1 Å². The van der Waals surface area contributed by atoms with Crippen LogP contribution < -0.4 is 9.47 Å². The predicted octanol–water partition coefficient (Wildman–Crippen LogP) is 2.18. The molecule has 0 aromatic heterocycles.